The third kappa shape index (κ3) is 3.19. The van der Waals surface area contributed by atoms with Gasteiger partial charge in [-0.2, -0.15) is 0 Å². The molecule has 0 amide bonds. The lowest BCUT2D eigenvalue weighted by atomic mass is 10.2. The zero-order chi connectivity index (χ0) is 14.5. The molecular weight excluding hydrogens is 276 g/mol. The summed E-state index contributed by atoms with van der Waals surface area (Å²) >= 11 is 5.83. The molecule has 0 bridgehead atoms. The van der Waals surface area contributed by atoms with E-state index in [-0.39, 0.29) is 0 Å². The normalized spacial score (nSPS) is 9.90. The predicted octanol–water partition coefficient (Wildman–Crippen LogP) is 4.21. The second-order valence-electron chi connectivity index (χ2n) is 4.05. The van der Waals surface area contributed by atoms with E-state index in [9.17, 15) is 4.79 Å². The minimum Gasteiger partial charge on any atom is -0.497 e. The molecule has 0 atom stereocenters. The molecule has 4 heteroatoms. The monoisotopic (exact) mass is 288 g/mol. The van der Waals surface area contributed by atoms with Crippen LogP contribution < -0.4 is 9.47 Å². The lowest BCUT2D eigenvalue weighted by molar-refractivity contribution is 0.112. The fourth-order valence-electron chi connectivity index (χ4n) is 1.65. The molecule has 0 N–H and O–H groups in total. The van der Waals surface area contributed by atoms with E-state index in [0.717, 1.165) is 11.8 Å². The molecular formula is C16H13ClO3. The molecule has 0 aliphatic heterocycles. The van der Waals surface area contributed by atoms with E-state index < -0.39 is 0 Å². The molecule has 3 nitrogen and oxygen atoms in total. The fraction of sp³-hybridized carbons (Fsp3) is 0.0625. The number of carbonyl (C=O) groups excluding carboxylic acids is 1. The highest BCUT2D eigenvalue weighted by atomic mass is 35.5. The highest BCUT2D eigenvalue weighted by Crippen LogP contribution is 2.27. The van der Waals surface area contributed by atoms with Crippen molar-refractivity contribution < 1.29 is 14.3 Å². The van der Waals surface area contributed by atoms with Gasteiger partial charge in [0.25, 0.3) is 0 Å². The Kier molecular flexibility index (Phi) is 4.43. The standard InChI is InChI=1S/C16H13ClO3/c1-11(12-3-6-14(17)7-4-12)20-16-9-15(19-2)8-5-13(16)10-18/h3-10H,1H2,2H3. The van der Waals surface area contributed by atoms with E-state index in [1.54, 1.807) is 49.6 Å². The first-order valence-corrected chi connectivity index (χ1v) is 6.27. The van der Waals surface area contributed by atoms with Crippen LogP contribution in [0, 0.1) is 0 Å². The van der Waals surface area contributed by atoms with Gasteiger partial charge in [0.15, 0.2) is 6.29 Å². The molecule has 0 heterocycles. The average Bonchev–Trinajstić information content (AvgIpc) is 2.47. The fourth-order valence-corrected chi connectivity index (χ4v) is 1.78. The molecule has 2 aromatic carbocycles. The van der Waals surface area contributed by atoms with Crippen LogP contribution in [-0.2, 0) is 0 Å². The number of methoxy groups -OCH3 is 1. The summed E-state index contributed by atoms with van der Waals surface area (Å²) in [6.07, 6.45) is 0.726. The summed E-state index contributed by atoms with van der Waals surface area (Å²) in [6.45, 7) is 3.86. The Bertz CT molecular complexity index is 633. The zero-order valence-corrected chi connectivity index (χ0v) is 11.7. The third-order valence-electron chi connectivity index (χ3n) is 2.75. The predicted molar refractivity (Wildman–Crippen MR) is 79.5 cm³/mol. The number of halogens is 1. The molecule has 102 valence electrons. The topological polar surface area (TPSA) is 35.5 Å². The van der Waals surface area contributed by atoms with Crippen molar-refractivity contribution >= 4 is 23.6 Å². The Labute approximate surface area is 122 Å². The number of hydrogen-bond donors (Lipinski definition) is 0. The van der Waals surface area contributed by atoms with Gasteiger partial charge in [-0.1, -0.05) is 18.2 Å². The van der Waals surface area contributed by atoms with Crippen LogP contribution in [0.1, 0.15) is 15.9 Å². The van der Waals surface area contributed by atoms with Gasteiger partial charge in [0.1, 0.15) is 17.3 Å². The maximum Gasteiger partial charge on any atom is 0.153 e. The molecule has 20 heavy (non-hydrogen) atoms. The Hall–Kier alpha value is -2.26. The number of hydrogen-bond acceptors (Lipinski definition) is 3. The molecule has 0 saturated carbocycles. The quantitative estimate of drug-likeness (QED) is 0.611. The second kappa shape index (κ2) is 6.26. The minimum absolute atomic E-state index is 0.402. The van der Waals surface area contributed by atoms with Crippen molar-refractivity contribution in [2.75, 3.05) is 7.11 Å². The molecule has 0 aliphatic rings. The van der Waals surface area contributed by atoms with Crippen LogP contribution in [0.4, 0.5) is 0 Å². The smallest absolute Gasteiger partial charge is 0.153 e. The molecule has 2 rings (SSSR count). The van der Waals surface area contributed by atoms with Crippen molar-refractivity contribution in [2.45, 2.75) is 0 Å². The van der Waals surface area contributed by atoms with E-state index >= 15 is 0 Å². The Morgan fingerprint density at radius 1 is 1.20 bits per heavy atom. The van der Waals surface area contributed by atoms with E-state index in [4.69, 9.17) is 21.1 Å². The molecule has 0 aromatic heterocycles. The minimum atomic E-state index is 0.402. The lowest BCUT2D eigenvalue weighted by Gasteiger charge is -2.12. The lowest BCUT2D eigenvalue weighted by Crippen LogP contribution is -1.97. The second-order valence-corrected chi connectivity index (χ2v) is 4.49. The van der Waals surface area contributed by atoms with Crippen LogP contribution in [0.3, 0.4) is 0 Å². The Morgan fingerprint density at radius 3 is 2.50 bits per heavy atom. The maximum absolute atomic E-state index is 11.0. The van der Waals surface area contributed by atoms with E-state index in [0.29, 0.717) is 27.8 Å². The molecule has 0 radical (unpaired) electrons. The third-order valence-corrected chi connectivity index (χ3v) is 3.00. The molecule has 0 fully saturated rings. The molecule has 0 spiro atoms. The van der Waals surface area contributed by atoms with Crippen molar-refractivity contribution in [1.82, 2.24) is 0 Å². The van der Waals surface area contributed by atoms with Gasteiger partial charge >= 0.3 is 0 Å². The van der Waals surface area contributed by atoms with Gasteiger partial charge < -0.3 is 9.47 Å². The van der Waals surface area contributed by atoms with Crippen molar-refractivity contribution in [3.05, 3.63) is 65.2 Å². The largest absolute Gasteiger partial charge is 0.497 e. The van der Waals surface area contributed by atoms with Gasteiger partial charge in [0.2, 0.25) is 0 Å². The van der Waals surface area contributed by atoms with Gasteiger partial charge in [0.05, 0.1) is 12.7 Å². The van der Waals surface area contributed by atoms with Gasteiger partial charge in [-0.25, -0.2) is 0 Å². The molecule has 0 aliphatic carbocycles. The SMILES string of the molecule is C=C(Oc1cc(OC)ccc1C=O)c1ccc(Cl)cc1. The van der Waals surface area contributed by atoms with Crippen molar-refractivity contribution in [3.63, 3.8) is 0 Å². The number of benzene rings is 2. The number of aldehydes is 1. The molecule has 0 unspecified atom stereocenters. The number of ether oxygens (including phenoxy) is 2. The summed E-state index contributed by atoms with van der Waals surface area (Å²) < 4.78 is 10.8. The Morgan fingerprint density at radius 2 is 1.90 bits per heavy atom. The van der Waals surface area contributed by atoms with Crippen LogP contribution >= 0.6 is 11.6 Å². The van der Waals surface area contributed by atoms with Gasteiger partial charge in [0, 0.05) is 16.7 Å². The summed E-state index contributed by atoms with van der Waals surface area (Å²) in [6, 6.07) is 12.1. The highest BCUT2D eigenvalue weighted by molar-refractivity contribution is 6.30. The summed E-state index contributed by atoms with van der Waals surface area (Å²) in [5, 5.41) is 0.636. The summed E-state index contributed by atoms with van der Waals surface area (Å²) in [7, 11) is 1.55. The van der Waals surface area contributed by atoms with Gasteiger partial charge in [-0.3, -0.25) is 4.79 Å². The van der Waals surface area contributed by atoms with Crippen LogP contribution in [0.5, 0.6) is 11.5 Å². The van der Waals surface area contributed by atoms with E-state index in [1.807, 2.05) is 0 Å². The van der Waals surface area contributed by atoms with Gasteiger partial charge in [-0.05, 0) is 36.4 Å². The van der Waals surface area contributed by atoms with Gasteiger partial charge in [-0.15, -0.1) is 0 Å². The highest BCUT2D eigenvalue weighted by Gasteiger charge is 2.08. The summed E-state index contributed by atoms with van der Waals surface area (Å²) in [5.41, 5.74) is 1.22. The first-order chi connectivity index (χ1) is 9.63. The van der Waals surface area contributed by atoms with Crippen molar-refractivity contribution in [1.29, 1.82) is 0 Å². The molecule has 2 aromatic rings. The summed E-state index contributed by atoms with van der Waals surface area (Å²) in [4.78, 5) is 11.0. The van der Waals surface area contributed by atoms with E-state index in [1.165, 1.54) is 0 Å². The summed E-state index contributed by atoms with van der Waals surface area (Å²) in [5.74, 6) is 1.44. The number of rotatable bonds is 5. The molecule has 0 saturated heterocycles. The van der Waals surface area contributed by atoms with Crippen molar-refractivity contribution in [3.8, 4) is 11.5 Å². The maximum atomic E-state index is 11.0. The average molecular weight is 289 g/mol. The Balaban J connectivity index is 2.26. The first kappa shape index (κ1) is 14.2. The van der Waals surface area contributed by atoms with Crippen LogP contribution in [0.2, 0.25) is 5.02 Å². The van der Waals surface area contributed by atoms with Crippen LogP contribution in [-0.4, -0.2) is 13.4 Å². The van der Waals surface area contributed by atoms with E-state index in [2.05, 4.69) is 6.58 Å². The van der Waals surface area contributed by atoms with Crippen LogP contribution in [0.25, 0.3) is 5.76 Å². The zero-order valence-electron chi connectivity index (χ0n) is 10.9. The van der Waals surface area contributed by atoms with Crippen molar-refractivity contribution in [2.24, 2.45) is 0 Å². The first-order valence-electron chi connectivity index (χ1n) is 5.90. The number of carbonyl (C=O) groups is 1. The van der Waals surface area contributed by atoms with Crippen LogP contribution in [0.15, 0.2) is 49.0 Å².